The third kappa shape index (κ3) is 5.78. The zero-order valence-corrected chi connectivity index (χ0v) is 24.3. The minimum Gasteiger partial charge on any atom is -0.355 e. The van der Waals surface area contributed by atoms with E-state index in [-0.39, 0.29) is 36.2 Å². The minimum atomic E-state index is -4.23. The molecule has 0 saturated carbocycles. The van der Waals surface area contributed by atoms with Crippen LogP contribution in [0.5, 0.6) is 0 Å². The van der Waals surface area contributed by atoms with Crippen LogP contribution in [0.25, 0.3) is 10.6 Å². The number of piperazine rings is 1. The number of amides is 3. The van der Waals surface area contributed by atoms with Gasteiger partial charge in [-0.2, -0.15) is 4.72 Å². The quantitative estimate of drug-likeness (QED) is 0.417. The topological polar surface area (TPSA) is 133 Å². The Morgan fingerprint density at radius 3 is 2.65 bits per heavy atom. The molecule has 1 N–H and O–H groups in total. The van der Waals surface area contributed by atoms with Gasteiger partial charge in [-0.25, -0.2) is 8.42 Å². The molecule has 2 aliphatic heterocycles. The van der Waals surface area contributed by atoms with E-state index in [1.54, 1.807) is 49.2 Å². The molecule has 5 rings (SSSR count). The fraction of sp³-hybridized carbons (Fsp3) is 0.385. The zero-order chi connectivity index (χ0) is 28.6. The van der Waals surface area contributed by atoms with Crippen LogP contribution in [0.3, 0.4) is 0 Å². The maximum atomic E-state index is 13.7. The van der Waals surface area contributed by atoms with Crippen molar-refractivity contribution >= 4 is 56.4 Å². The first-order chi connectivity index (χ1) is 19.0. The number of likely N-dealkylation sites (N-methyl/N-ethyl adjacent to an activating group) is 1. The molecule has 0 radical (unpaired) electrons. The molecule has 14 heteroatoms. The van der Waals surface area contributed by atoms with Gasteiger partial charge in [-0.1, -0.05) is 22.8 Å². The molecule has 0 aliphatic carbocycles. The van der Waals surface area contributed by atoms with E-state index in [0.717, 1.165) is 4.88 Å². The highest BCUT2D eigenvalue weighted by atomic mass is 35.5. The van der Waals surface area contributed by atoms with Crippen LogP contribution < -0.4 is 9.62 Å². The first-order valence-corrected chi connectivity index (χ1v) is 15.4. The summed E-state index contributed by atoms with van der Waals surface area (Å²) in [5.41, 5.74) is 1.28. The van der Waals surface area contributed by atoms with Gasteiger partial charge in [0, 0.05) is 51.3 Å². The van der Waals surface area contributed by atoms with Crippen LogP contribution >= 0.6 is 22.9 Å². The third-order valence-electron chi connectivity index (χ3n) is 7.06. The summed E-state index contributed by atoms with van der Waals surface area (Å²) in [5, 5.41) is 4.05. The Morgan fingerprint density at radius 2 is 1.98 bits per heavy atom. The fourth-order valence-corrected chi connectivity index (χ4v) is 7.31. The van der Waals surface area contributed by atoms with E-state index in [1.165, 1.54) is 27.2 Å². The molecule has 2 saturated heterocycles. The number of carbonyl (C=O) groups is 3. The highest BCUT2D eigenvalue weighted by Crippen LogP contribution is 2.32. The Balaban J connectivity index is 1.44. The van der Waals surface area contributed by atoms with Crippen molar-refractivity contribution in [3.63, 3.8) is 0 Å². The third-order valence-corrected chi connectivity index (χ3v) is 9.92. The average molecular weight is 606 g/mol. The van der Waals surface area contributed by atoms with Crippen LogP contribution in [0.1, 0.15) is 24.1 Å². The van der Waals surface area contributed by atoms with E-state index in [4.69, 9.17) is 16.1 Å². The monoisotopic (exact) mass is 605 g/mol. The number of hydrogen-bond acceptors (Lipinski definition) is 8. The van der Waals surface area contributed by atoms with Crippen LogP contribution in [0, 0.1) is 6.92 Å². The minimum absolute atomic E-state index is 0.0361. The standard InChI is InChI=1S/C26H28ClN5O6S2/c1-16-19(32-10-4-7-24(32)33)5-3-6-22(16)40(36,37)29-18(26(35)31-12-11-30(2)25(34)15-31)13-17-14-20(38-28-17)21-8-9-23(27)39-21/h3,5-6,8-9,14,18,29H,4,7,10-13,15H2,1-2H3. The molecule has 11 nitrogen and oxygen atoms in total. The summed E-state index contributed by atoms with van der Waals surface area (Å²) >= 11 is 7.33. The van der Waals surface area contributed by atoms with Gasteiger partial charge in [0.15, 0.2) is 5.76 Å². The largest absolute Gasteiger partial charge is 0.355 e. The Hall–Kier alpha value is -3.26. The molecule has 4 heterocycles. The van der Waals surface area contributed by atoms with Crippen molar-refractivity contribution < 1.29 is 27.3 Å². The number of halogens is 1. The van der Waals surface area contributed by atoms with Crippen molar-refractivity contribution in [2.45, 2.75) is 37.1 Å². The summed E-state index contributed by atoms with van der Waals surface area (Å²) in [5.74, 6) is -0.405. The molecule has 0 spiro atoms. The van der Waals surface area contributed by atoms with Gasteiger partial charge in [-0.15, -0.1) is 11.3 Å². The molecule has 2 aliphatic rings. The van der Waals surface area contributed by atoms with Crippen LogP contribution in [-0.2, 0) is 30.8 Å². The zero-order valence-electron chi connectivity index (χ0n) is 21.9. The van der Waals surface area contributed by atoms with E-state index < -0.39 is 22.0 Å². The second-order valence-corrected chi connectivity index (χ2v) is 13.2. The molecule has 0 bridgehead atoms. The Kier molecular flexibility index (Phi) is 8.00. The first-order valence-electron chi connectivity index (χ1n) is 12.7. The Bertz CT molecular complexity index is 1570. The van der Waals surface area contributed by atoms with Crippen molar-refractivity contribution in [1.29, 1.82) is 0 Å². The summed E-state index contributed by atoms with van der Waals surface area (Å²) < 4.78 is 36.0. The Labute approximate surface area is 240 Å². The Morgan fingerprint density at radius 1 is 1.18 bits per heavy atom. The second-order valence-electron chi connectivity index (χ2n) is 9.79. The number of nitrogens with zero attached hydrogens (tertiary/aromatic N) is 4. The number of nitrogens with one attached hydrogen (secondary N) is 1. The maximum Gasteiger partial charge on any atom is 0.241 e. The molecular formula is C26H28ClN5O6S2. The van der Waals surface area contributed by atoms with Gasteiger partial charge >= 0.3 is 0 Å². The van der Waals surface area contributed by atoms with Gasteiger partial charge < -0.3 is 19.2 Å². The van der Waals surface area contributed by atoms with Crippen LogP contribution in [-0.4, -0.2) is 80.4 Å². The van der Waals surface area contributed by atoms with Crippen molar-refractivity contribution in [2.75, 3.05) is 38.1 Å². The number of rotatable bonds is 8. The summed E-state index contributed by atoms with van der Waals surface area (Å²) in [6.07, 6.45) is 1.00. The normalized spacial score (nSPS) is 17.1. The van der Waals surface area contributed by atoms with Gasteiger partial charge in [-0.05, 0) is 43.2 Å². The van der Waals surface area contributed by atoms with Gasteiger partial charge in [0.2, 0.25) is 27.7 Å². The van der Waals surface area contributed by atoms with Gasteiger partial charge in [-0.3, -0.25) is 14.4 Å². The fourth-order valence-electron chi connectivity index (χ4n) is 4.87. The number of carbonyl (C=O) groups excluding carboxylic acids is 3. The number of thiophene rings is 1. The predicted molar refractivity (Wildman–Crippen MR) is 150 cm³/mol. The van der Waals surface area contributed by atoms with E-state index in [1.807, 2.05) is 0 Å². The predicted octanol–water partition coefficient (Wildman–Crippen LogP) is 2.68. The van der Waals surface area contributed by atoms with Crippen molar-refractivity contribution in [3.8, 4) is 10.6 Å². The summed E-state index contributed by atoms with van der Waals surface area (Å²) in [6.45, 7) is 2.60. The number of benzene rings is 1. The highest BCUT2D eigenvalue weighted by Gasteiger charge is 2.35. The lowest BCUT2D eigenvalue weighted by Crippen LogP contribution is -2.56. The lowest BCUT2D eigenvalue weighted by atomic mass is 10.1. The van der Waals surface area contributed by atoms with Crippen LogP contribution in [0.2, 0.25) is 4.34 Å². The molecular weight excluding hydrogens is 578 g/mol. The van der Waals surface area contributed by atoms with Crippen molar-refractivity contribution in [3.05, 3.63) is 52.0 Å². The molecule has 1 unspecified atom stereocenters. The first kappa shape index (κ1) is 28.3. The molecule has 2 fully saturated rings. The van der Waals surface area contributed by atoms with E-state index in [0.29, 0.717) is 53.0 Å². The average Bonchev–Trinajstić information content (AvgIpc) is 3.66. The number of aromatic nitrogens is 1. The molecule has 1 aromatic carbocycles. The van der Waals surface area contributed by atoms with Crippen molar-refractivity contribution in [1.82, 2.24) is 19.7 Å². The summed E-state index contributed by atoms with van der Waals surface area (Å²) in [4.78, 5) is 43.5. The van der Waals surface area contributed by atoms with E-state index in [9.17, 15) is 22.8 Å². The molecule has 212 valence electrons. The van der Waals surface area contributed by atoms with E-state index in [2.05, 4.69) is 9.88 Å². The van der Waals surface area contributed by atoms with E-state index >= 15 is 0 Å². The molecule has 3 amide bonds. The molecule has 1 atom stereocenters. The summed E-state index contributed by atoms with van der Waals surface area (Å²) in [7, 11) is -2.58. The number of anilines is 1. The van der Waals surface area contributed by atoms with Crippen LogP contribution in [0.4, 0.5) is 5.69 Å². The van der Waals surface area contributed by atoms with Gasteiger partial charge in [0.05, 0.1) is 26.3 Å². The van der Waals surface area contributed by atoms with Crippen molar-refractivity contribution in [2.24, 2.45) is 0 Å². The summed E-state index contributed by atoms with van der Waals surface area (Å²) in [6, 6.07) is 8.61. The smallest absolute Gasteiger partial charge is 0.241 e. The van der Waals surface area contributed by atoms with Gasteiger partial charge in [0.1, 0.15) is 6.04 Å². The lowest BCUT2D eigenvalue weighted by Gasteiger charge is -2.34. The number of sulfonamides is 1. The lowest BCUT2D eigenvalue weighted by molar-refractivity contribution is -0.145. The highest BCUT2D eigenvalue weighted by molar-refractivity contribution is 7.89. The van der Waals surface area contributed by atoms with Gasteiger partial charge in [0.25, 0.3) is 0 Å². The maximum absolute atomic E-state index is 13.7. The molecule has 2 aromatic heterocycles. The number of hydrogen-bond donors (Lipinski definition) is 1. The molecule has 40 heavy (non-hydrogen) atoms. The molecule has 3 aromatic rings. The SMILES string of the molecule is Cc1c(N2CCCC2=O)cccc1S(=O)(=O)NC(Cc1cc(-c2ccc(Cl)s2)on1)C(=O)N1CCN(C)C(=O)C1. The van der Waals surface area contributed by atoms with Crippen LogP contribution in [0.15, 0.2) is 45.8 Å². The second kappa shape index (κ2) is 11.3.